The van der Waals surface area contributed by atoms with Gasteiger partial charge in [-0.25, -0.2) is 0 Å². The number of benzene rings is 1. The number of morpholine rings is 1. The average Bonchev–Trinajstić information content (AvgIpc) is 2.49. The quantitative estimate of drug-likeness (QED) is 0.521. The van der Waals surface area contributed by atoms with E-state index in [1.54, 1.807) is 0 Å². The second kappa shape index (κ2) is 7.10. The van der Waals surface area contributed by atoms with Gasteiger partial charge < -0.3 is 15.0 Å². The van der Waals surface area contributed by atoms with Gasteiger partial charge in [-0.1, -0.05) is 30.3 Å². The molecule has 1 aliphatic heterocycles. The molecular weight excluding hydrogens is 250 g/mol. The third-order valence-corrected chi connectivity index (χ3v) is 3.52. The number of aryl methyl sites for hydroxylation is 1. The number of aliphatic imine (C=N–C) groups is 1. The molecule has 1 aliphatic rings. The molecule has 1 atom stereocenters. The molecule has 1 saturated heterocycles. The number of nitrogens with zero attached hydrogens (tertiary/aromatic N) is 2. The van der Waals surface area contributed by atoms with Gasteiger partial charge in [0.1, 0.15) is 6.10 Å². The Labute approximate surface area is 121 Å². The Bertz CT molecular complexity index is 484. The zero-order valence-corrected chi connectivity index (χ0v) is 12.3. The van der Waals surface area contributed by atoms with Gasteiger partial charge in [-0.15, -0.1) is 6.58 Å². The summed E-state index contributed by atoms with van der Waals surface area (Å²) in [6.07, 6.45) is 1.94. The van der Waals surface area contributed by atoms with E-state index in [1.807, 2.05) is 13.1 Å². The smallest absolute Gasteiger partial charge is 0.194 e. The molecule has 4 nitrogen and oxygen atoms in total. The highest BCUT2D eigenvalue weighted by molar-refractivity contribution is 5.80. The Balaban J connectivity index is 2.08. The van der Waals surface area contributed by atoms with Crippen molar-refractivity contribution in [3.63, 3.8) is 0 Å². The summed E-state index contributed by atoms with van der Waals surface area (Å²) in [7, 11) is 1.81. The molecule has 0 radical (unpaired) electrons. The molecule has 0 aliphatic carbocycles. The van der Waals surface area contributed by atoms with Gasteiger partial charge in [-0.2, -0.15) is 0 Å². The van der Waals surface area contributed by atoms with Crippen LogP contribution in [0.15, 0.2) is 41.9 Å². The summed E-state index contributed by atoms with van der Waals surface area (Å²) in [6.45, 7) is 8.97. The van der Waals surface area contributed by atoms with Gasteiger partial charge in [0.25, 0.3) is 0 Å². The largest absolute Gasteiger partial charge is 0.370 e. The van der Waals surface area contributed by atoms with Crippen molar-refractivity contribution in [3.8, 4) is 0 Å². The third kappa shape index (κ3) is 3.39. The molecule has 1 N–H and O–H groups in total. The van der Waals surface area contributed by atoms with E-state index >= 15 is 0 Å². The molecule has 1 heterocycles. The number of hydrogen-bond donors (Lipinski definition) is 1. The molecule has 4 heteroatoms. The maximum Gasteiger partial charge on any atom is 0.194 e. The Hall–Kier alpha value is -1.81. The molecule has 0 amide bonds. The van der Waals surface area contributed by atoms with Gasteiger partial charge in [0, 0.05) is 20.1 Å². The highest BCUT2D eigenvalue weighted by Crippen LogP contribution is 2.24. The van der Waals surface area contributed by atoms with Crippen LogP contribution in [0, 0.1) is 6.92 Å². The Morgan fingerprint density at radius 2 is 2.35 bits per heavy atom. The van der Waals surface area contributed by atoms with E-state index in [0.29, 0.717) is 6.61 Å². The van der Waals surface area contributed by atoms with Gasteiger partial charge in [0.15, 0.2) is 5.96 Å². The summed E-state index contributed by atoms with van der Waals surface area (Å²) in [6, 6.07) is 8.39. The van der Waals surface area contributed by atoms with E-state index in [-0.39, 0.29) is 6.10 Å². The normalized spacial score (nSPS) is 19.8. The van der Waals surface area contributed by atoms with E-state index in [4.69, 9.17) is 4.74 Å². The Morgan fingerprint density at radius 1 is 1.55 bits per heavy atom. The van der Waals surface area contributed by atoms with Gasteiger partial charge in [-0.3, -0.25) is 4.99 Å². The average molecular weight is 273 g/mol. The Morgan fingerprint density at radius 3 is 3.05 bits per heavy atom. The summed E-state index contributed by atoms with van der Waals surface area (Å²) in [4.78, 5) is 6.57. The predicted octanol–water partition coefficient (Wildman–Crippen LogP) is 2.13. The first-order chi connectivity index (χ1) is 9.76. The molecule has 0 spiro atoms. The van der Waals surface area contributed by atoms with Crippen LogP contribution in [-0.2, 0) is 4.74 Å². The minimum Gasteiger partial charge on any atom is -0.370 e. The van der Waals surface area contributed by atoms with E-state index in [1.165, 1.54) is 11.1 Å². The summed E-state index contributed by atoms with van der Waals surface area (Å²) < 4.78 is 5.93. The van der Waals surface area contributed by atoms with Crippen LogP contribution in [0.3, 0.4) is 0 Å². The van der Waals surface area contributed by atoms with Gasteiger partial charge in [0.05, 0.1) is 13.2 Å². The van der Waals surface area contributed by atoms with E-state index in [2.05, 4.69) is 53.0 Å². The lowest BCUT2D eigenvalue weighted by Crippen LogP contribution is -2.48. The van der Waals surface area contributed by atoms with Crippen LogP contribution in [0.5, 0.6) is 0 Å². The molecule has 0 bridgehead atoms. The van der Waals surface area contributed by atoms with Crippen LogP contribution >= 0.6 is 0 Å². The number of ether oxygens (including phenoxy) is 1. The van der Waals surface area contributed by atoms with E-state index < -0.39 is 0 Å². The minimum absolute atomic E-state index is 0.104. The van der Waals surface area contributed by atoms with Crippen LogP contribution in [0.1, 0.15) is 17.2 Å². The zero-order chi connectivity index (χ0) is 14.4. The van der Waals surface area contributed by atoms with Crippen molar-refractivity contribution in [3.05, 3.63) is 48.0 Å². The number of hydrogen-bond acceptors (Lipinski definition) is 2. The fourth-order valence-corrected chi connectivity index (χ4v) is 2.47. The highest BCUT2D eigenvalue weighted by Gasteiger charge is 2.24. The summed E-state index contributed by atoms with van der Waals surface area (Å²) in [5.41, 5.74) is 2.53. The predicted molar refractivity (Wildman–Crippen MR) is 83.0 cm³/mol. The van der Waals surface area contributed by atoms with Crippen LogP contribution in [0.4, 0.5) is 0 Å². The van der Waals surface area contributed by atoms with Crippen LogP contribution in [0.2, 0.25) is 0 Å². The maximum atomic E-state index is 5.93. The first-order valence-corrected chi connectivity index (χ1v) is 7.00. The van der Waals surface area contributed by atoms with Crippen molar-refractivity contribution in [1.82, 2.24) is 10.2 Å². The molecule has 0 saturated carbocycles. The van der Waals surface area contributed by atoms with Crippen molar-refractivity contribution < 1.29 is 4.74 Å². The molecule has 1 aromatic rings. The molecule has 0 aromatic heterocycles. The Kier molecular flexibility index (Phi) is 5.18. The minimum atomic E-state index is 0.104. The lowest BCUT2D eigenvalue weighted by molar-refractivity contribution is -0.00824. The first kappa shape index (κ1) is 14.6. The number of rotatable bonds is 3. The SMILES string of the molecule is C=CCNC(=NC)N1CCOC(c2ccccc2C)C1. The molecule has 20 heavy (non-hydrogen) atoms. The van der Waals surface area contributed by atoms with E-state index in [0.717, 1.165) is 25.6 Å². The maximum absolute atomic E-state index is 5.93. The summed E-state index contributed by atoms with van der Waals surface area (Å²) in [5, 5.41) is 3.28. The second-order valence-corrected chi connectivity index (χ2v) is 4.88. The molecular formula is C16H23N3O. The highest BCUT2D eigenvalue weighted by atomic mass is 16.5. The number of guanidine groups is 1. The monoisotopic (exact) mass is 273 g/mol. The van der Waals surface area contributed by atoms with Gasteiger partial charge in [-0.05, 0) is 18.1 Å². The van der Waals surface area contributed by atoms with Gasteiger partial charge >= 0.3 is 0 Å². The zero-order valence-electron chi connectivity index (χ0n) is 12.3. The molecule has 1 aromatic carbocycles. The third-order valence-electron chi connectivity index (χ3n) is 3.52. The molecule has 2 rings (SSSR count). The lowest BCUT2D eigenvalue weighted by atomic mass is 10.0. The fourth-order valence-electron chi connectivity index (χ4n) is 2.47. The number of nitrogens with one attached hydrogen (secondary N) is 1. The lowest BCUT2D eigenvalue weighted by Gasteiger charge is -2.35. The molecule has 1 unspecified atom stereocenters. The standard InChI is InChI=1S/C16H23N3O/c1-4-9-18-16(17-3)19-10-11-20-15(12-19)14-8-6-5-7-13(14)2/h4-8,15H,1,9-12H2,2-3H3,(H,17,18). The van der Waals surface area contributed by atoms with Crippen LogP contribution in [0.25, 0.3) is 0 Å². The van der Waals surface area contributed by atoms with Gasteiger partial charge in [0.2, 0.25) is 0 Å². The fraction of sp³-hybridized carbons (Fsp3) is 0.438. The summed E-state index contributed by atoms with van der Waals surface area (Å²) in [5.74, 6) is 0.909. The summed E-state index contributed by atoms with van der Waals surface area (Å²) >= 11 is 0. The van der Waals surface area contributed by atoms with Crippen molar-refractivity contribution in [2.45, 2.75) is 13.0 Å². The van der Waals surface area contributed by atoms with E-state index in [9.17, 15) is 0 Å². The van der Waals surface area contributed by atoms with Crippen molar-refractivity contribution in [2.75, 3.05) is 33.3 Å². The van der Waals surface area contributed by atoms with Crippen molar-refractivity contribution >= 4 is 5.96 Å². The molecule has 108 valence electrons. The topological polar surface area (TPSA) is 36.9 Å². The van der Waals surface area contributed by atoms with Crippen LogP contribution < -0.4 is 5.32 Å². The van der Waals surface area contributed by atoms with Crippen molar-refractivity contribution in [2.24, 2.45) is 4.99 Å². The molecule has 1 fully saturated rings. The second-order valence-electron chi connectivity index (χ2n) is 4.88. The van der Waals surface area contributed by atoms with Crippen molar-refractivity contribution in [1.29, 1.82) is 0 Å². The first-order valence-electron chi connectivity index (χ1n) is 7.00. The van der Waals surface area contributed by atoms with Crippen LogP contribution in [-0.4, -0.2) is 44.1 Å².